The summed E-state index contributed by atoms with van der Waals surface area (Å²) >= 11 is 1.41. The van der Waals surface area contributed by atoms with E-state index in [1.165, 1.54) is 17.4 Å². The molecule has 8 nitrogen and oxygen atoms in total. The van der Waals surface area contributed by atoms with Crippen LogP contribution in [0.1, 0.15) is 71.0 Å². The Bertz CT molecular complexity index is 1440. The van der Waals surface area contributed by atoms with Gasteiger partial charge in [0.15, 0.2) is 0 Å². The molecule has 10 heteroatoms. The zero-order valence-electron chi connectivity index (χ0n) is 23.3. The SMILES string of the molecule is CC(C)C[C@H](NC(=O)c1cc2ccccc2s1)C(N)=O.CCC1CCCN(S(=O)(=O)c2ccccc2C#N)CC1.[HH].[HH]. The molecule has 2 atom stereocenters. The van der Waals surface area contributed by atoms with E-state index in [2.05, 4.69) is 12.2 Å². The third-order valence-corrected chi connectivity index (χ3v) is 10.1. The minimum atomic E-state index is -3.55. The van der Waals surface area contributed by atoms with Gasteiger partial charge in [-0.3, -0.25) is 9.59 Å². The zero-order chi connectivity index (χ0) is 29.3. The third-order valence-electron chi connectivity index (χ3n) is 7.01. The summed E-state index contributed by atoms with van der Waals surface area (Å²) < 4.78 is 28.0. The topological polar surface area (TPSA) is 133 Å². The van der Waals surface area contributed by atoms with Gasteiger partial charge in [0.05, 0.1) is 15.3 Å². The quantitative estimate of drug-likeness (QED) is 0.345. The molecule has 40 heavy (non-hydrogen) atoms. The van der Waals surface area contributed by atoms with Crippen LogP contribution in [-0.2, 0) is 14.8 Å². The summed E-state index contributed by atoms with van der Waals surface area (Å²) in [6, 6.07) is 17.4. The normalized spacial score (nSPS) is 16.8. The second kappa shape index (κ2) is 14.4. The third kappa shape index (κ3) is 8.13. The molecule has 1 fully saturated rings. The number of benzene rings is 2. The van der Waals surface area contributed by atoms with Crippen LogP contribution < -0.4 is 11.1 Å². The van der Waals surface area contributed by atoms with Gasteiger partial charge >= 0.3 is 0 Å². The van der Waals surface area contributed by atoms with Crippen LogP contribution in [0.25, 0.3) is 10.1 Å². The van der Waals surface area contributed by atoms with Crippen molar-refractivity contribution in [1.82, 2.24) is 9.62 Å². The van der Waals surface area contributed by atoms with Crippen LogP contribution in [0.5, 0.6) is 0 Å². The van der Waals surface area contributed by atoms with Crippen molar-refractivity contribution in [2.75, 3.05) is 13.1 Å². The van der Waals surface area contributed by atoms with Crippen LogP contribution >= 0.6 is 11.3 Å². The van der Waals surface area contributed by atoms with Crippen LogP contribution in [0.2, 0.25) is 0 Å². The Balaban J connectivity index is 0.000000401. The number of sulfonamides is 1. The summed E-state index contributed by atoms with van der Waals surface area (Å²) in [5.74, 6) is 0.167. The smallest absolute Gasteiger partial charge is 0.262 e. The van der Waals surface area contributed by atoms with Crippen LogP contribution in [-0.4, -0.2) is 43.7 Å². The van der Waals surface area contributed by atoms with E-state index in [4.69, 9.17) is 11.0 Å². The van der Waals surface area contributed by atoms with Crippen molar-refractivity contribution >= 4 is 43.3 Å². The predicted molar refractivity (Wildman–Crippen MR) is 164 cm³/mol. The first-order chi connectivity index (χ1) is 19.1. The number of nitrogens with one attached hydrogen (secondary N) is 1. The van der Waals surface area contributed by atoms with E-state index >= 15 is 0 Å². The molecule has 1 unspecified atom stereocenters. The Morgan fingerprint density at radius 1 is 1.15 bits per heavy atom. The minimum absolute atomic E-state index is 0. The number of thiophene rings is 1. The largest absolute Gasteiger partial charge is 0.368 e. The molecule has 0 aliphatic carbocycles. The highest BCUT2D eigenvalue weighted by Gasteiger charge is 2.29. The highest BCUT2D eigenvalue weighted by molar-refractivity contribution is 7.89. The molecule has 1 aromatic heterocycles. The van der Waals surface area contributed by atoms with Crippen LogP contribution in [0.4, 0.5) is 0 Å². The number of primary amides is 1. The molecule has 0 saturated carbocycles. The first-order valence-electron chi connectivity index (χ1n) is 13.6. The molecule has 0 spiro atoms. The number of hydrogen-bond donors (Lipinski definition) is 2. The molecule has 3 aromatic rings. The van der Waals surface area contributed by atoms with Crippen molar-refractivity contribution in [3.8, 4) is 6.07 Å². The first kappa shape index (κ1) is 31.3. The van der Waals surface area contributed by atoms with Gasteiger partial charge in [-0.1, -0.05) is 57.5 Å². The Morgan fingerprint density at radius 2 is 1.85 bits per heavy atom. The van der Waals surface area contributed by atoms with E-state index in [1.54, 1.807) is 22.5 Å². The number of nitriles is 1. The van der Waals surface area contributed by atoms with Crippen molar-refractivity contribution < 1.29 is 20.9 Å². The number of carbonyl (C=O) groups is 2. The maximum atomic E-state index is 12.7. The standard InChI is InChI=1S/C15H18N2O2S.C15H20N2O2S.2H2/c1-9(2)7-11(14(16)18)17-15(19)13-8-10-5-3-4-6-12(10)20-13;1-2-13-6-5-10-17(11-9-13)20(18,19)15-8-4-3-7-14(15)12-16;;/h3-6,8-9,11H,7H2,1-2H3,(H2,16,18)(H,17,19);3-4,7-8,13H,2,5-6,9-11H2,1H3;2*1H/t11-;;;/m0.../s1. The maximum absolute atomic E-state index is 12.7. The Labute approximate surface area is 244 Å². The molecular formula is C30H42N4O4S2. The summed E-state index contributed by atoms with van der Waals surface area (Å²) in [6.45, 7) is 7.24. The molecule has 1 aliphatic heterocycles. The number of nitrogens with two attached hydrogens (primary N) is 1. The lowest BCUT2D eigenvalue weighted by atomic mass is 9.98. The lowest BCUT2D eigenvalue weighted by molar-refractivity contribution is -0.120. The highest BCUT2D eigenvalue weighted by atomic mass is 32.2. The lowest BCUT2D eigenvalue weighted by Gasteiger charge is -2.20. The molecule has 1 aliphatic rings. The van der Waals surface area contributed by atoms with E-state index in [0.29, 0.717) is 30.3 Å². The zero-order valence-corrected chi connectivity index (χ0v) is 24.9. The fourth-order valence-electron chi connectivity index (χ4n) is 4.75. The Kier molecular flexibility index (Phi) is 11.3. The average molecular weight is 587 g/mol. The molecule has 2 amide bonds. The number of rotatable bonds is 8. The molecule has 4 rings (SSSR count). The van der Waals surface area contributed by atoms with Crippen molar-refractivity contribution in [2.45, 2.75) is 63.8 Å². The summed E-state index contributed by atoms with van der Waals surface area (Å²) in [4.78, 5) is 24.3. The number of amides is 2. The van der Waals surface area contributed by atoms with Gasteiger partial charge in [0, 0.05) is 20.6 Å². The molecule has 3 N–H and O–H groups in total. The van der Waals surface area contributed by atoms with Gasteiger partial charge in [-0.2, -0.15) is 9.57 Å². The molecule has 0 radical (unpaired) electrons. The lowest BCUT2D eigenvalue weighted by Crippen LogP contribution is -2.45. The average Bonchev–Trinajstić information content (AvgIpc) is 3.22. The summed E-state index contributed by atoms with van der Waals surface area (Å²) in [5, 5.41) is 12.8. The molecular weight excluding hydrogens is 544 g/mol. The summed E-state index contributed by atoms with van der Waals surface area (Å²) in [5.41, 5.74) is 5.56. The highest BCUT2D eigenvalue weighted by Crippen LogP contribution is 2.27. The molecule has 1 saturated heterocycles. The fraction of sp³-hybridized carbons (Fsp3) is 0.433. The van der Waals surface area contributed by atoms with Gasteiger partial charge in [-0.15, -0.1) is 11.3 Å². The van der Waals surface area contributed by atoms with E-state index < -0.39 is 22.0 Å². The van der Waals surface area contributed by atoms with E-state index in [1.807, 2.05) is 50.2 Å². The second-order valence-electron chi connectivity index (χ2n) is 10.4. The number of fused-ring (bicyclic) bond motifs is 1. The number of nitrogens with zero attached hydrogens (tertiary/aromatic N) is 2. The van der Waals surface area contributed by atoms with E-state index in [0.717, 1.165) is 35.8 Å². The van der Waals surface area contributed by atoms with E-state index in [-0.39, 0.29) is 25.1 Å². The van der Waals surface area contributed by atoms with Crippen LogP contribution in [0.15, 0.2) is 59.5 Å². The van der Waals surface area contributed by atoms with Crippen LogP contribution in [0, 0.1) is 23.2 Å². The number of carbonyl (C=O) groups excluding carboxylic acids is 2. The van der Waals surface area contributed by atoms with Gasteiger partial charge in [-0.25, -0.2) is 8.42 Å². The second-order valence-corrected chi connectivity index (χ2v) is 13.4. The van der Waals surface area contributed by atoms with Gasteiger partial charge < -0.3 is 11.1 Å². The minimum Gasteiger partial charge on any atom is -0.368 e. The van der Waals surface area contributed by atoms with Gasteiger partial charge in [-0.05, 0) is 67.2 Å². The molecule has 218 valence electrons. The van der Waals surface area contributed by atoms with Crippen molar-refractivity contribution in [1.29, 1.82) is 5.26 Å². The monoisotopic (exact) mass is 586 g/mol. The van der Waals surface area contributed by atoms with Crippen molar-refractivity contribution in [2.24, 2.45) is 17.6 Å². The van der Waals surface area contributed by atoms with E-state index in [9.17, 15) is 18.0 Å². The van der Waals surface area contributed by atoms with Crippen LogP contribution in [0.3, 0.4) is 0 Å². The molecule has 2 aromatic carbocycles. The van der Waals surface area contributed by atoms with Crippen molar-refractivity contribution in [3.05, 3.63) is 65.0 Å². The summed E-state index contributed by atoms with van der Waals surface area (Å²) in [6.07, 6.45) is 4.54. The molecule has 0 bridgehead atoms. The maximum Gasteiger partial charge on any atom is 0.262 e. The fourth-order valence-corrected chi connectivity index (χ4v) is 7.35. The van der Waals surface area contributed by atoms with Gasteiger partial charge in [0.2, 0.25) is 15.9 Å². The molecule has 2 heterocycles. The van der Waals surface area contributed by atoms with Gasteiger partial charge in [0.1, 0.15) is 12.1 Å². The van der Waals surface area contributed by atoms with Gasteiger partial charge in [0.25, 0.3) is 5.91 Å². The van der Waals surface area contributed by atoms with Crippen molar-refractivity contribution in [3.63, 3.8) is 0 Å². The number of hydrogen-bond acceptors (Lipinski definition) is 6. The summed E-state index contributed by atoms with van der Waals surface area (Å²) in [7, 11) is -3.55. The Morgan fingerprint density at radius 3 is 2.50 bits per heavy atom. The predicted octanol–water partition coefficient (Wildman–Crippen LogP) is 5.78. The first-order valence-corrected chi connectivity index (χ1v) is 15.9. The Hall–Kier alpha value is -3.26.